The molecule has 130 valence electrons. The van der Waals surface area contributed by atoms with Gasteiger partial charge >= 0.3 is 0 Å². The molecule has 1 aromatic heterocycles. The second kappa shape index (κ2) is 7.51. The van der Waals surface area contributed by atoms with Crippen LogP contribution in [-0.4, -0.2) is 11.3 Å². The Bertz CT molecular complexity index is 834. The minimum absolute atomic E-state index is 0.644. The molecule has 3 nitrogen and oxygen atoms in total. The zero-order chi connectivity index (χ0) is 18.0. The lowest BCUT2D eigenvalue weighted by Crippen LogP contribution is -2.39. The van der Waals surface area contributed by atoms with Gasteiger partial charge in [-0.2, -0.15) is 4.68 Å². The average Bonchev–Trinajstić information content (AvgIpc) is 2.84. The van der Waals surface area contributed by atoms with Crippen molar-refractivity contribution in [1.29, 1.82) is 0 Å². The molecule has 3 rings (SSSR count). The molecular weight excluding hydrogens is 355 g/mol. The number of benzene rings is 2. The van der Waals surface area contributed by atoms with Gasteiger partial charge in [0.05, 0.1) is 19.2 Å². The third-order valence-electron chi connectivity index (χ3n) is 4.17. The first-order valence-corrected chi connectivity index (χ1v) is 9.02. The van der Waals surface area contributed by atoms with Crippen molar-refractivity contribution >= 4 is 23.2 Å². The van der Waals surface area contributed by atoms with E-state index in [2.05, 4.69) is 16.3 Å². The number of hydrogen-bond donors (Lipinski definition) is 0. The summed E-state index contributed by atoms with van der Waals surface area (Å²) in [5.41, 5.74) is 4.02. The smallest absolute Gasteiger partial charge is 0.280 e. The summed E-state index contributed by atoms with van der Waals surface area (Å²) in [6.45, 7) is 2.74. The van der Waals surface area contributed by atoms with Crippen LogP contribution in [0, 0.1) is 0 Å². The van der Waals surface area contributed by atoms with Crippen molar-refractivity contribution in [2.75, 3.05) is 6.61 Å². The van der Waals surface area contributed by atoms with Crippen molar-refractivity contribution in [3.8, 4) is 28.3 Å². The van der Waals surface area contributed by atoms with Gasteiger partial charge in [-0.1, -0.05) is 48.3 Å². The highest BCUT2D eigenvalue weighted by atomic mass is 35.5. The lowest BCUT2D eigenvalue weighted by atomic mass is 10.1. The molecule has 0 radical (unpaired) electrons. The topological polar surface area (TPSA) is 18.0 Å². The van der Waals surface area contributed by atoms with Gasteiger partial charge in [0, 0.05) is 15.6 Å². The molecule has 0 atom stereocenters. The van der Waals surface area contributed by atoms with Gasteiger partial charge in [-0.3, -0.25) is 0 Å². The van der Waals surface area contributed by atoms with Gasteiger partial charge in [-0.05, 0) is 36.8 Å². The van der Waals surface area contributed by atoms with E-state index in [0.29, 0.717) is 16.7 Å². The first-order chi connectivity index (χ1) is 12.0. The van der Waals surface area contributed by atoms with E-state index in [4.69, 9.17) is 27.9 Å². The minimum Gasteiger partial charge on any atom is -0.485 e. The molecule has 5 heteroatoms. The molecular formula is C20H21Cl2N2O+. The van der Waals surface area contributed by atoms with E-state index in [0.717, 1.165) is 34.7 Å². The SMILES string of the molecule is CCCOc1c(-c2cccc(Cl)c2)n(C)[n+](C)c1-c1cccc(Cl)c1. The summed E-state index contributed by atoms with van der Waals surface area (Å²) >= 11 is 12.4. The number of aromatic nitrogens is 2. The second-order valence-electron chi connectivity index (χ2n) is 5.94. The minimum atomic E-state index is 0.644. The van der Waals surface area contributed by atoms with Gasteiger partial charge in [0.2, 0.25) is 5.75 Å². The highest BCUT2D eigenvalue weighted by Crippen LogP contribution is 2.38. The Morgan fingerprint density at radius 1 is 1.00 bits per heavy atom. The average molecular weight is 376 g/mol. The molecule has 0 saturated carbocycles. The third kappa shape index (κ3) is 3.53. The van der Waals surface area contributed by atoms with E-state index < -0.39 is 0 Å². The molecule has 0 spiro atoms. The monoisotopic (exact) mass is 375 g/mol. The summed E-state index contributed by atoms with van der Waals surface area (Å²) in [5, 5.41) is 1.40. The van der Waals surface area contributed by atoms with Crippen LogP contribution in [0.4, 0.5) is 0 Å². The Hall–Kier alpha value is -1.97. The lowest BCUT2D eigenvalue weighted by Gasteiger charge is -2.06. The van der Waals surface area contributed by atoms with E-state index in [9.17, 15) is 0 Å². The largest absolute Gasteiger partial charge is 0.485 e. The van der Waals surface area contributed by atoms with Crippen molar-refractivity contribution in [3.63, 3.8) is 0 Å². The van der Waals surface area contributed by atoms with E-state index in [1.807, 2.05) is 62.6 Å². The quantitative estimate of drug-likeness (QED) is 0.554. The highest BCUT2D eigenvalue weighted by molar-refractivity contribution is 6.31. The van der Waals surface area contributed by atoms with Gasteiger partial charge in [0.15, 0.2) is 12.7 Å². The molecule has 0 fully saturated rings. The maximum Gasteiger partial charge on any atom is 0.280 e. The van der Waals surface area contributed by atoms with Crippen LogP contribution in [0.5, 0.6) is 5.75 Å². The maximum absolute atomic E-state index is 6.21. The van der Waals surface area contributed by atoms with Crippen molar-refractivity contribution in [3.05, 3.63) is 58.6 Å². The molecule has 0 aliphatic carbocycles. The molecule has 3 aromatic rings. The van der Waals surface area contributed by atoms with Crippen molar-refractivity contribution in [1.82, 2.24) is 4.68 Å². The van der Waals surface area contributed by atoms with Gasteiger partial charge in [0.25, 0.3) is 5.69 Å². The molecule has 0 aliphatic heterocycles. The molecule has 2 aromatic carbocycles. The molecule has 0 saturated heterocycles. The highest BCUT2D eigenvalue weighted by Gasteiger charge is 2.30. The first-order valence-electron chi connectivity index (χ1n) is 8.26. The zero-order valence-electron chi connectivity index (χ0n) is 14.6. The van der Waals surface area contributed by atoms with E-state index >= 15 is 0 Å². The van der Waals surface area contributed by atoms with Crippen LogP contribution in [0.15, 0.2) is 48.5 Å². The Morgan fingerprint density at radius 3 is 2.20 bits per heavy atom. The van der Waals surface area contributed by atoms with Gasteiger partial charge in [-0.25, -0.2) is 0 Å². The van der Waals surface area contributed by atoms with Crippen LogP contribution < -0.4 is 9.42 Å². The fourth-order valence-electron chi connectivity index (χ4n) is 2.95. The summed E-state index contributed by atoms with van der Waals surface area (Å²) in [4.78, 5) is 0. The van der Waals surface area contributed by atoms with Crippen LogP contribution in [0.1, 0.15) is 13.3 Å². The molecule has 0 amide bonds. The summed E-state index contributed by atoms with van der Waals surface area (Å²) in [6, 6.07) is 15.6. The number of hydrogen-bond acceptors (Lipinski definition) is 1. The second-order valence-corrected chi connectivity index (χ2v) is 6.82. The third-order valence-corrected chi connectivity index (χ3v) is 4.64. The van der Waals surface area contributed by atoms with Crippen LogP contribution in [0.25, 0.3) is 22.5 Å². The number of ether oxygens (including phenoxy) is 1. The van der Waals surface area contributed by atoms with Crippen LogP contribution >= 0.6 is 23.2 Å². The fraction of sp³-hybridized carbons (Fsp3) is 0.250. The molecule has 1 heterocycles. The van der Waals surface area contributed by atoms with Gasteiger partial charge < -0.3 is 4.74 Å². The van der Waals surface area contributed by atoms with E-state index in [1.54, 1.807) is 0 Å². The van der Waals surface area contributed by atoms with Crippen molar-refractivity contribution in [2.45, 2.75) is 13.3 Å². The Morgan fingerprint density at radius 2 is 1.60 bits per heavy atom. The van der Waals surface area contributed by atoms with E-state index in [-0.39, 0.29) is 0 Å². The maximum atomic E-state index is 6.21. The van der Waals surface area contributed by atoms with E-state index in [1.165, 1.54) is 0 Å². The summed E-state index contributed by atoms with van der Waals surface area (Å²) in [5.74, 6) is 0.844. The fourth-order valence-corrected chi connectivity index (χ4v) is 3.33. The standard InChI is InChI=1S/C20H21Cl2N2O/c1-4-11-25-20-18(14-7-5-9-16(21)12-14)23(2)24(3)19(20)15-8-6-10-17(22)13-15/h5-10,12-13H,4,11H2,1-3H3/q+1. The van der Waals surface area contributed by atoms with Crippen molar-refractivity contribution < 1.29 is 9.42 Å². The number of halogens is 2. The first kappa shape index (κ1) is 17.8. The van der Waals surface area contributed by atoms with Crippen LogP contribution in [0.3, 0.4) is 0 Å². The lowest BCUT2D eigenvalue weighted by molar-refractivity contribution is -0.740. The number of rotatable bonds is 5. The predicted molar refractivity (Wildman–Crippen MR) is 103 cm³/mol. The van der Waals surface area contributed by atoms with Crippen LogP contribution in [0.2, 0.25) is 10.0 Å². The Kier molecular flexibility index (Phi) is 5.36. The Balaban J connectivity index is 2.27. The molecule has 0 bridgehead atoms. The number of nitrogens with zero attached hydrogens (tertiary/aromatic N) is 2. The summed E-state index contributed by atoms with van der Waals surface area (Å²) in [6.07, 6.45) is 0.933. The normalized spacial score (nSPS) is 10.9. The Labute approximate surface area is 158 Å². The molecule has 0 unspecified atom stereocenters. The molecule has 0 N–H and O–H groups in total. The summed E-state index contributed by atoms with van der Waals surface area (Å²) < 4.78 is 10.3. The zero-order valence-corrected chi connectivity index (χ0v) is 16.1. The van der Waals surface area contributed by atoms with Gasteiger partial charge in [-0.15, -0.1) is 4.68 Å². The van der Waals surface area contributed by atoms with Gasteiger partial charge in [0.1, 0.15) is 0 Å². The van der Waals surface area contributed by atoms with Crippen LogP contribution in [-0.2, 0) is 14.1 Å². The predicted octanol–water partition coefficient (Wildman–Crippen LogP) is 5.28. The molecule has 0 aliphatic rings. The summed E-state index contributed by atoms with van der Waals surface area (Å²) in [7, 11) is 4.03. The molecule has 25 heavy (non-hydrogen) atoms. The van der Waals surface area contributed by atoms with Crippen molar-refractivity contribution in [2.24, 2.45) is 14.1 Å².